The van der Waals surface area contributed by atoms with Crippen LogP contribution in [-0.2, 0) is 0 Å². The number of halogens is 1. The van der Waals surface area contributed by atoms with E-state index in [-0.39, 0.29) is 5.82 Å². The first-order valence-electron chi connectivity index (χ1n) is 10.2. The molecule has 6 heteroatoms. The molecule has 0 N–H and O–H groups in total. The average molecular weight is 429 g/mol. The van der Waals surface area contributed by atoms with Crippen LogP contribution >= 0.6 is 0 Å². The fourth-order valence-electron chi connectivity index (χ4n) is 2.98. The molecule has 32 heavy (non-hydrogen) atoms. The highest BCUT2D eigenvalue weighted by molar-refractivity contribution is 5.86. The summed E-state index contributed by atoms with van der Waals surface area (Å²) in [6, 6.07) is 24.6. The molecule has 3 aromatic carbocycles. The molecule has 4 aromatic rings. The molecule has 0 spiro atoms. The Kier molecular flexibility index (Phi) is 7.75. The minimum Gasteiger partial charge on any atom is -0.332 e. The standard InChI is InChI=1S/C19H18N4O.C7H7F/c1-13-8-7-11-16(12-13)18-21-19(24-23-18)17(22-20-3)14(2)15-9-5-4-6-10-15;1-6-4-2-3-5-7(6)8/h4-12H,1-3H3;2-5H,1H3/b17-14+,22-20?;. The number of allylic oxidation sites excluding steroid dienone is 1. The summed E-state index contributed by atoms with van der Waals surface area (Å²) in [4.78, 5) is 4.50. The Labute approximate surface area is 187 Å². The van der Waals surface area contributed by atoms with E-state index >= 15 is 0 Å². The molecule has 0 saturated carbocycles. The van der Waals surface area contributed by atoms with Crippen LogP contribution in [0.15, 0.2) is 93.6 Å². The summed E-state index contributed by atoms with van der Waals surface area (Å²) < 4.78 is 17.8. The molecule has 0 bridgehead atoms. The molecule has 0 aliphatic heterocycles. The number of aromatic nitrogens is 2. The summed E-state index contributed by atoms with van der Waals surface area (Å²) in [5.74, 6) is 0.768. The lowest BCUT2D eigenvalue weighted by molar-refractivity contribution is 0.407. The van der Waals surface area contributed by atoms with Gasteiger partial charge < -0.3 is 4.52 Å². The van der Waals surface area contributed by atoms with E-state index in [1.807, 2.05) is 74.5 Å². The molecule has 5 nitrogen and oxygen atoms in total. The van der Waals surface area contributed by atoms with Crippen molar-refractivity contribution < 1.29 is 8.91 Å². The van der Waals surface area contributed by atoms with Gasteiger partial charge in [-0.15, -0.1) is 0 Å². The third-order valence-corrected chi connectivity index (χ3v) is 4.74. The molecule has 0 radical (unpaired) electrons. The first-order chi connectivity index (χ1) is 15.5. The summed E-state index contributed by atoms with van der Waals surface area (Å²) in [6.07, 6.45) is 0. The van der Waals surface area contributed by atoms with Crippen LogP contribution in [0.1, 0.15) is 29.5 Å². The van der Waals surface area contributed by atoms with Crippen molar-refractivity contribution in [1.29, 1.82) is 0 Å². The number of hydrogen-bond acceptors (Lipinski definition) is 5. The molecule has 0 unspecified atom stereocenters. The molecular formula is C26H25FN4O. The maximum Gasteiger partial charge on any atom is 0.279 e. The van der Waals surface area contributed by atoms with E-state index in [0.717, 1.165) is 22.3 Å². The molecule has 0 fully saturated rings. The fourth-order valence-corrected chi connectivity index (χ4v) is 2.98. The fraction of sp³-hybridized carbons (Fsp3) is 0.154. The van der Waals surface area contributed by atoms with Crippen molar-refractivity contribution in [2.75, 3.05) is 7.05 Å². The molecule has 1 heterocycles. The zero-order chi connectivity index (χ0) is 22.9. The Hall–Kier alpha value is -3.93. The Morgan fingerprint density at radius 3 is 2.25 bits per heavy atom. The highest BCUT2D eigenvalue weighted by Gasteiger charge is 2.16. The van der Waals surface area contributed by atoms with Crippen LogP contribution < -0.4 is 0 Å². The monoisotopic (exact) mass is 428 g/mol. The van der Waals surface area contributed by atoms with E-state index in [1.165, 1.54) is 6.07 Å². The van der Waals surface area contributed by atoms with Crippen molar-refractivity contribution in [3.05, 3.63) is 107 Å². The lowest BCUT2D eigenvalue weighted by Crippen LogP contribution is -1.88. The van der Waals surface area contributed by atoms with Crippen molar-refractivity contribution in [2.24, 2.45) is 10.2 Å². The highest BCUT2D eigenvalue weighted by Crippen LogP contribution is 2.28. The second-order valence-corrected chi connectivity index (χ2v) is 7.18. The van der Waals surface area contributed by atoms with E-state index in [1.54, 1.807) is 26.1 Å². The third-order valence-electron chi connectivity index (χ3n) is 4.74. The van der Waals surface area contributed by atoms with Gasteiger partial charge in [0.1, 0.15) is 5.82 Å². The molecule has 162 valence electrons. The van der Waals surface area contributed by atoms with Crippen molar-refractivity contribution in [1.82, 2.24) is 10.1 Å². The van der Waals surface area contributed by atoms with E-state index in [2.05, 4.69) is 20.4 Å². The van der Waals surface area contributed by atoms with E-state index in [9.17, 15) is 4.39 Å². The number of rotatable bonds is 4. The van der Waals surface area contributed by atoms with Crippen molar-refractivity contribution in [3.63, 3.8) is 0 Å². The second-order valence-electron chi connectivity index (χ2n) is 7.18. The van der Waals surface area contributed by atoms with Crippen molar-refractivity contribution in [2.45, 2.75) is 20.8 Å². The number of nitrogens with zero attached hydrogens (tertiary/aromatic N) is 4. The van der Waals surface area contributed by atoms with Gasteiger partial charge in [-0.2, -0.15) is 15.2 Å². The van der Waals surface area contributed by atoms with Gasteiger partial charge >= 0.3 is 0 Å². The third kappa shape index (κ3) is 5.82. The van der Waals surface area contributed by atoms with Crippen LogP contribution in [0.2, 0.25) is 0 Å². The first kappa shape index (κ1) is 22.7. The zero-order valence-corrected chi connectivity index (χ0v) is 18.6. The number of azo groups is 1. The molecule has 0 amide bonds. The average Bonchev–Trinajstić information content (AvgIpc) is 3.30. The smallest absolute Gasteiger partial charge is 0.279 e. The Morgan fingerprint density at radius 2 is 1.62 bits per heavy atom. The van der Waals surface area contributed by atoms with Gasteiger partial charge in [-0.25, -0.2) is 4.39 Å². The molecule has 0 aliphatic carbocycles. The lowest BCUT2D eigenvalue weighted by Gasteiger charge is -2.03. The van der Waals surface area contributed by atoms with Gasteiger partial charge in [-0.3, -0.25) is 0 Å². The van der Waals surface area contributed by atoms with E-state index in [4.69, 9.17) is 4.52 Å². The Balaban J connectivity index is 0.000000305. The number of aryl methyl sites for hydroxylation is 2. The first-order valence-corrected chi connectivity index (χ1v) is 10.2. The SMILES string of the molecule is CN=N/C(=C(\C)c1ccccc1)c1nc(-c2cccc(C)c2)no1.Cc1ccccc1F. The topological polar surface area (TPSA) is 63.6 Å². The lowest BCUT2D eigenvalue weighted by atomic mass is 10.1. The second kappa shape index (κ2) is 10.9. The largest absolute Gasteiger partial charge is 0.332 e. The quantitative estimate of drug-likeness (QED) is 0.324. The minimum atomic E-state index is -0.132. The van der Waals surface area contributed by atoms with Crippen LogP contribution in [0.5, 0.6) is 0 Å². The predicted octanol–water partition coefficient (Wildman–Crippen LogP) is 7.15. The maximum atomic E-state index is 12.3. The van der Waals surface area contributed by atoms with Gasteiger partial charge in [0, 0.05) is 12.6 Å². The molecular weight excluding hydrogens is 403 g/mol. The molecule has 4 rings (SSSR count). The van der Waals surface area contributed by atoms with E-state index in [0.29, 0.717) is 23.0 Å². The van der Waals surface area contributed by atoms with Crippen LogP contribution in [0.4, 0.5) is 4.39 Å². The summed E-state index contributed by atoms with van der Waals surface area (Å²) in [6.45, 7) is 5.74. The van der Waals surface area contributed by atoms with Gasteiger partial charge in [0.25, 0.3) is 5.89 Å². The van der Waals surface area contributed by atoms with Crippen LogP contribution in [0, 0.1) is 19.7 Å². The van der Waals surface area contributed by atoms with Gasteiger partial charge in [-0.05, 0) is 49.6 Å². The van der Waals surface area contributed by atoms with E-state index < -0.39 is 0 Å². The summed E-state index contributed by atoms with van der Waals surface area (Å²) in [5, 5.41) is 12.2. The minimum absolute atomic E-state index is 0.132. The Morgan fingerprint density at radius 1 is 0.906 bits per heavy atom. The Bertz CT molecular complexity index is 1210. The molecule has 0 saturated heterocycles. The molecule has 0 atom stereocenters. The van der Waals surface area contributed by atoms with Gasteiger partial charge in [0.15, 0.2) is 5.70 Å². The predicted molar refractivity (Wildman–Crippen MR) is 125 cm³/mol. The number of hydrogen-bond donors (Lipinski definition) is 0. The zero-order valence-electron chi connectivity index (χ0n) is 18.6. The number of benzene rings is 3. The summed E-state index contributed by atoms with van der Waals surface area (Å²) in [5.41, 5.74) is 5.30. The van der Waals surface area contributed by atoms with Crippen molar-refractivity contribution >= 4 is 11.3 Å². The summed E-state index contributed by atoms with van der Waals surface area (Å²) in [7, 11) is 1.62. The highest BCUT2D eigenvalue weighted by atomic mass is 19.1. The van der Waals surface area contributed by atoms with Crippen LogP contribution in [0.25, 0.3) is 22.7 Å². The van der Waals surface area contributed by atoms with Crippen molar-refractivity contribution in [3.8, 4) is 11.4 Å². The van der Waals surface area contributed by atoms with Gasteiger partial charge in [0.05, 0.1) is 0 Å². The molecule has 0 aliphatic rings. The normalized spacial score (nSPS) is 11.7. The maximum absolute atomic E-state index is 12.3. The van der Waals surface area contributed by atoms with Gasteiger partial charge in [0.2, 0.25) is 5.82 Å². The van der Waals surface area contributed by atoms with Crippen LogP contribution in [-0.4, -0.2) is 17.2 Å². The summed E-state index contributed by atoms with van der Waals surface area (Å²) >= 11 is 0. The van der Waals surface area contributed by atoms with Crippen LogP contribution in [0.3, 0.4) is 0 Å². The molecule has 1 aromatic heterocycles. The van der Waals surface area contributed by atoms with Gasteiger partial charge in [-0.1, -0.05) is 77.5 Å².